The molecule has 0 spiro atoms. The number of carbonyl (C=O) groups excluding carboxylic acids is 1. The predicted octanol–water partition coefficient (Wildman–Crippen LogP) is 5.87. The van der Waals surface area contributed by atoms with Crippen molar-refractivity contribution in [3.05, 3.63) is 86.8 Å². The minimum absolute atomic E-state index is 0.143. The van der Waals surface area contributed by atoms with Gasteiger partial charge in [-0.2, -0.15) is 5.10 Å². The molecule has 0 aliphatic carbocycles. The number of methoxy groups -OCH3 is 2. The zero-order chi connectivity index (χ0) is 23.1. The number of ketones is 1. The van der Waals surface area contributed by atoms with Crippen LogP contribution in [0.1, 0.15) is 33.9 Å². The fourth-order valence-corrected chi connectivity index (χ4v) is 4.68. The first kappa shape index (κ1) is 21.8. The largest absolute Gasteiger partial charge is 0.493 e. The molecule has 3 aromatic carbocycles. The molecule has 168 valence electrons. The van der Waals surface area contributed by atoms with Gasteiger partial charge in [-0.25, -0.2) is 5.01 Å². The van der Waals surface area contributed by atoms with E-state index in [1.54, 1.807) is 43.5 Å². The van der Waals surface area contributed by atoms with Crippen LogP contribution in [-0.2, 0) is 0 Å². The fourth-order valence-electron chi connectivity index (χ4n) is 4.18. The molecule has 2 atom stereocenters. The lowest BCUT2D eigenvalue weighted by molar-refractivity contribution is -0.00459. The highest BCUT2D eigenvalue weighted by Gasteiger charge is 2.43. The van der Waals surface area contributed by atoms with Crippen molar-refractivity contribution in [3.8, 4) is 17.2 Å². The molecule has 0 N–H and O–H groups in total. The molecular weight excluding hydrogens is 508 g/mol. The lowest BCUT2D eigenvalue weighted by atomic mass is 9.95. The Morgan fingerprint density at radius 3 is 2.55 bits per heavy atom. The topological polar surface area (TPSA) is 60.4 Å². The zero-order valence-corrected chi connectivity index (χ0v) is 20.3. The number of hydrogen-bond donors (Lipinski definition) is 0. The summed E-state index contributed by atoms with van der Waals surface area (Å²) >= 11 is 9.56. The van der Waals surface area contributed by atoms with Gasteiger partial charge in [0.15, 0.2) is 11.5 Å². The fraction of sp³-hybridized carbons (Fsp3) is 0.200. The number of Topliss-reactive ketones (excluding diaryl/α,β-unsaturated/α-hetero) is 1. The van der Waals surface area contributed by atoms with Crippen molar-refractivity contribution in [1.29, 1.82) is 0 Å². The Hall–Kier alpha value is -3.03. The Labute approximate surface area is 204 Å². The van der Waals surface area contributed by atoms with E-state index in [1.165, 1.54) is 0 Å². The van der Waals surface area contributed by atoms with E-state index in [2.05, 4.69) is 15.9 Å². The maximum Gasteiger partial charge on any atom is 0.251 e. The molecule has 2 aliphatic heterocycles. The molecule has 0 amide bonds. The van der Waals surface area contributed by atoms with E-state index >= 15 is 0 Å². The molecule has 0 bridgehead atoms. The van der Waals surface area contributed by atoms with Crippen LogP contribution >= 0.6 is 27.5 Å². The van der Waals surface area contributed by atoms with Gasteiger partial charge in [-0.05, 0) is 60.7 Å². The average Bonchev–Trinajstić information content (AvgIpc) is 3.29. The van der Waals surface area contributed by atoms with Crippen molar-refractivity contribution in [3.63, 3.8) is 0 Å². The van der Waals surface area contributed by atoms with Gasteiger partial charge < -0.3 is 14.2 Å². The van der Waals surface area contributed by atoms with Gasteiger partial charge in [-0.3, -0.25) is 4.79 Å². The summed E-state index contributed by atoms with van der Waals surface area (Å²) in [6.45, 7) is 0. The molecule has 8 heteroatoms. The first-order valence-electron chi connectivity index (χ1n) is 10.3. The first-order chi connectivity index (χ1) is 16.0. The highest BCUT2D eigenvalue weighted by atomic mass is 79.9. The highest BCUT2D eigenvalue weighted by Crippen LogP contribution is 2.45. The lowest BCUT2D eigenvalue weighted by Crippen LogP contribution is -2.45. The van der Waals surface area contributed by atoms with Crippen LogP contribution in [0.4, 0.5) is 0 Å². The quantitative estimate of drug-likeness (QED) is 0.388. The third-order valence-corrected chi connectivity index (χ3v) is 6.57. The Morgan fingerprint density at radius 2 is 1.82 bits per heavy atom. The minimum atomic E-state index is -0.887. The van der Waals surface area contributed by atoms with E-state index in [0.29, 0.717) is 34.3 Å². The van der Waals surface area contributed by atoms with Crippen molar-refractivity contribution in [1.82, 2.24) is 5.01 Å². The van der Waals surface area contributed by atoms with E-state index < -0.39 is 6.23 Å². The number of benzene rings is 3. The molecule has 0 aromatic heterocycles. The number of carbonyl (C=O) groups is 1. The van der Waals surface area contributed by atoms with Gasteiger partial charge in [-0.1, -0.05) is 27.5 Å². The van der Waals surface area contributed by atoms with Crippen LogP contribution in [0.15, 0.2) is 70.2 Å². The Morgan fingerprint density at radius 1 is 1.06 bits per heavy atom. The van der Waals surface area contributed by atoms with Crippen LogP contribution in [0, 0.1) is 0 Å². The Kier molecular flexibility index (Phi) is 5.76. The summed E-state index contributed by atoms with van der Waals surface area (Å²) in [5.41, 5.74) is 3.23. The molecule has 2 unspecified atom stereocenters. The average molecular weight is 528 g/mol. The van der Waals surface area contributed by atoms with E-state index in [-0.39, 0.29) is 11.8 Å². The van der Waals surface area contributed by atoms with Gasteiger partial charge in [0, 0.05) is 32.6 Å². The highest BCUT2D eigenvalue weighted by molar-refractivity contribution is 9.10. The third kappa shape index (κ3) is 3.96. The first-order valence-corrected chi connectivity index (χ1v) is 11.5. The normalized spacial score (nSPS) is 18.7. The van der Waals surface area contributed by atoms with Crippen LogP contribution in [0.25, 0.3) is 0 Å². The number of fused-ring (bicyclic) bond motifs is 3. The molecule has 0 radical (unpaired) electrons. The van der Waals surface area contributed by atoms with Crippen LogP contribution < -0.4 is 14.2 Å². The Balaban J connectivity index is 1.56. The number of halogens is 2. The maximum absolute atomic E-state index is 13.4. The summed E-state index contributed by atoms with van der Waals surface area (Å²) in [5.74, 6) is 1.76. The Bertz CT molecular complexity index is 1260. The van der Waals surface area contributed by atoms with Crippen LogP contribution in [0.5, 0.6) is 17.2 Å². The van der Waals surface area contributed by atoms with E-state index in [0.717, 1.165) is 21.3 Å². The van der Waals surface area contributed by atoms with E-state index in [9.17, 15) is 4.79 Å². The number of hydrazone groups is 1. The third-order valence-electron chi connectivity index (χ3n) is 5.82. The monoisotopic (exact) mass is 526 g/mol. The summed E-state index contributed by atoms with van der Waals surface area (Å²) in [6.07, 6.45) is -0.269. The second-order valence-electron chi connectivity index (χ2n) is 7.74. The van der Waals surface area contributed by atoms with Crippen molar-refractivity contribution in [2.75, 3.05) is 14.2 Å². The number of hydrogen-bond acceptors (Lipinski definition) is 6. The molecule has 0 saturated heterocycles. The zero-order valence-electron chi connectivity index (χ0n) is 17.9. The molecule has 3 aromatic rings. The molecule has 0 fully saturated rings. The second-order valence-corrected chi connectivity index (χ2v) is 9.09. The summed E-state index contributed by atoms with van der Waals surface area (Å²) in [6, 6.07) is 18.2. The van der Waals surface area contributed by atoms with Crippen molar-refractivity contribution >= 4 is 39.0 Å². The number of rotatable bonds is 5. The van der Waals surface area contributed by atoms with Crippen molar-refractivity contribution < 1.29 is 19.0 Å². The standard InChI is InChI=1S/C25H20BrClN2O4/c1-31-22-9-5-15(11-23(22)32-2)19-13-20-18-12-16(26)6-10-21(18)33-25(29(20)28-19)24(30)14-3-7-17(27)8-4-14/h3-12,20,25H,13H2,1-2H3. The summed E-state index contributed by atoms with van der Waals surface area (Å²) < 4.78 is 17.9. The molecule has 33 heavy (non-hydrogen) atoms. The van der Waals surface area contributed by atoms with Gasteiger partial charge in [0.05, 0.1) is 26.0 Å². The van der Waals surface area contributed by atoms with E-state index in [1.807, 2.05) is 36.4 Å². The van der Waals surface area contributed by atoms with Crippen LogP contribution in [-0.4, -0.2) is 37.0 Å². The van der Waals surface area contributed by atoms with Crippen molar-refractivity contribution in [2.45, 2.75) is 18.7 Å². The van der Waals surface area contributed by atoms with Gasteiger partial charge in [0.2, 0.25) is 5.78 Å². The van der Waals surface area contributed by atoms with Gasteiger partial charge >= 0.3 is 0 Å². The molecule has 0 saturated carbocycles. The van der Waals surface area contributed by atoms with Crippen LogP contribution in [0.2, 0.25) is 5.02 Å². The summed E-state index contributed by atoms with van der Waals surface area (Å²) in [7, 11) is 3.20. The molecule has 2 aliphatic rings. The predicted molar refractivity (Wildman–Crippen MR) is 130 cm³/mol. The molecular formula is C25H20BrClN2O4. The number of ether oxygens (including phenoxy) is 3. The SMILES string of the molecule is COc1ccc(C2=NN3C(C(=O)c4ccc(Cl)cc4)Oc4ccc(Br)cc4C3C2)cc1OC. The summed E-state index contributed by atoms with van der Waals surface area (Å²) in [5, 5.41) is 7.18. The maximum atomic E-state index is 13.4. The van der Waals surface area contributed by atoms with E-state index in [4.69, 9.17) is 30.9 Å². The smallest absolute Gasteiger partial charge is 0.251 e. The minimum Gasteiger partial charge on any atom is -0.493 e. The van der Waals surface area contributed by atoms with Gasteiger partial charge in [0.1, 0.15) is 5.75 Å². The van der Waals surface area contributed by atoms with Crippen molar-refractivity contribution in [2.24, 2.45) is 5.10 Å². The van der Waals surface area contributed by atoms with Gasteiger partial charge in [-0.15, -0.1) is 0 Å². The molecule has 2 heterocycles. The second kappa shape index (κ2) is 8.72. The van der Waals surface area contributed by atoms with Gasteiger partial charge in [0.25, 0.3) is 6.23 Å². The molecule has 6 nitrogen and oxygen atoms in total. The lowest BCUT2D eigenvalue weighted by Gasteiger charge is -2.37. The van der Waals surface area contributed by atoms with Crippen LogP contribution in [0.3, 0.4) is 0 Å². The number of nitrogens with zero attached hydrogens (tertiary/aromatic N) is 2. The summed E-state index contributed by atoms with van der Waals surface area (Å²) in [4.78, 5) is 13.4. The molecule has 5 rings (SSSR count).